The number of ether oxygens (including phenoxy) is 1. The Hall–Kier alpha value is -4.45. The lowest BCUT2D eigenvalue weighted by Gasteiger charge is -2.23. The Bertz CT molecular complexity index is 1210. The predicted octanol–water partition coefficient (Wildman–Crippen LogP) is 4.55. The van der Waals surface area contributed by atoms with Crippen molar-refractivity contribution < 1.29 is 14.3 Å². The lowest BCUT2D eigenvalue weighted by atomic mass is 10.1. The zero-order valence-electron chi connectivity index (χ0n) is 19.3. The van der Waals surface area contributed by atoms with Crippen molar-refractivity contribution in [3.63, 3.8) is 0 Å². The number of nitrogens with one attached hydrogen (secondary N) is 1. The van der Waals surface area contributed by atoms with Gasteiger partial charge in [-0.05, 0) is 47.5 Å². The number of carbonyl (C=O) groups is 2. The van der Waals surface area contributed by atoms with E-state index in [2.05, 4.69) is 10.3 Å². The van der Waals surface area contributed by atoms with E-state index >= 15 is 0 Å². The molecule has 6 heteroatoms. The van der Waals surface area contributed by atoms with Crippen LogP contribution in [0.2, 0.25) is 0 Å². The minimum absolute atomic E-state index is 0.0749. The zero-order valence-corrected chi connectivity index (χ0v) is 19.3. The number of nitrogens with zero attached hydrogens (tertiary/aromatic N) is 2. The van der Waals surface area contributed by atoms with E-state index in [9.17, 15) is 9.59 Å². The van der Waals surface area contributed by atoms with E-state index in [1.54, 1.807) is 11.1 Å². The van der Waals surface area contributed by atoms with Gasteiger partial charge in [-0.2, -0.15) is 0 Å². The predicted molar refractivity (Wildman–Crippen MR) is 136 cm³/mol. The molecule has 2 amide bonds. The fraction of sp³-hybridized carbons (Fsp3) is 0.138. The molecule has 0 aliphatic carbocycles. The fourth-order valence-electron chi connectivity index (χ4n) is 3.56. The second-order valence-corrected chi connectivity index (χ2v) is 8.01. The van der Waals surface area contributed by atoms with Crippen LogP contribution in [0.1, 0.15) is 16.8 Å². The molecule has 1 N–H and O–H groups in total. The first-order valence-electron chi connectivity index (χ1n) is 11.4. The molecule has 176 valence electrons. The molecule has 0 atom stereocenters. The van der Waals surface area contributed by atoms with Gasteiger partial charge in [0, 0.05) is 11.9 Å². The summed E-state index contributed by atoms with van der Waals surface area (Å²) < 4.78 is 5.70. The number of pyridine rings is 1. The van der Waals surface area contributed by atoms with E-state index in [1.807, 2.05) is 103 Å². The van der Waals surface area contributed by atoms with Crippen molar-refractivity contribution in [1.29, 1.82) is 0 Å². The van der Waals surface area contributed by atoms with E-state index in [-0.39, 0.29) is 24.8 Å². The van der Waals surface area contributed by atoms with Crippen LogP contribution in [0, 0.1) is 0 Å². The zero-order chi connectivity index (χ0) is 24.3. The molecule has 1 heterocycles. The first kappa shape index (κ1) is 23.7. The van der Waals surface area contributed by atoms with E-state index in [4.69, 9.17) is 4.74 Å². The molecular formula is C29H27N3O3. The minimum atomic E-state index is -0.154. The highest BCUT2D eigenvalue weighted by Crippen LogP contribution is 2.20. The number of para-hydroxylation sites is 1. The Balaban J connectivity index is 1.41. The van der Waals surface area contributed by atoms with Crippen molar-refractivity contribution in [2.75, 3.05) is 11.5 Å². The van der Waals surface area contributed by atoms with Crippen molar-refractivity contribution in [2.45, 2.75) is 19.5 Å². The molecule has 1 aromatic heterocycles. The van der Waals surface area contributed by atoms with Gasteiger partial charge in [0.15, 0.2) is 6.61 Å². The van der Waals surface area contributed by atoms with Crippen molar-refractivity contribution in [3.8, 4) is 5.75 Å². The molecule has 0 saturated carbocycles. The van der Waals surface area contributed by atoms with E-state index in [1.165, 1.54) is 0 Å². The van der Waals surface area contributed by atoms with Gasteiger partial charge in [-0.3, -0.25) is 14.6 Å². The third-order valence-electron chi connectivity index (χ3n) is 5.40. The van der Waals surface area contributed by atoms with Crippen LogP contribution in [0.15, 0.2) is 109 Å². The number of aromatic nitrogens is 1. The summed E-state index contributed by atoms with van der Waals surface area (Å²) in [6, 6.07) is 32.2. The van der Waals surface area contributed by atoms with Gasteiger partial charge in [-0.25, -0.2) is 0 Å². The van der Waals surface area contributed by atoms with Crippen LogP contribution in [0.4, 0.5) is 5.69 Å². The Morgan fingerprint density at radius 3 is 2.14 bits per heavy atom. The summed E-state index contributed by atoms with van der Waals surface area (Å²) in [5.74, 6) is 0.406. The number of hydrogen-bond donors (Lipinski definition) is 1. The van der Waals surface area contributed by atoms with Crippen LogP contribution >= 0.6 is 0 Å². The summed E-state index contributed by atoms with van der Waals surface area (Å²) in [5.41, 5.74) is 3.43. The van der Waals surface area contributed by atoms with Crippen molar-refractivity contribution in [1.82, 2.24) is 10.3 Å². The molecule has 0 unspecified atom stereocenters. The average molecular weight is 466 g/mol. The van der Waals surface area contributed by atoms with E-state index in [0.29, 0.717) is 18.8 Å². The van der Waals surface area contributed by atoms with Crippen molar-refractivity contribution in [3.05, 3.63) is 126 Å². The van der Waals surface area contributed by atoms with E-state index < -0.39 is 0 Å². The highest BCUT2D eigenvalue weighted by Gasteiger charge is 2.17. The van der Waals surface area contributed by atoms with Gasteiger partial charge in [0.05, 0.1) is 25.2 Å². The molecule has 0 aliphatic rings. The largest absolute Gasteiger partial charge is 0.484 e. The topological polar surface area (TPSA) is 71.5 Å². The summed E-state index contributed by atoms with van der Waals surface area (Å²) in [6.07, 6.45) is 1.95. The Kier molecular flexibility index (Phi) is 8.22. The number of carbonyl (C=O) groups excluding carboxylic acids is 2. The lowest BCUT2D eigenvalue weighted by Crippen LogP contribution is -2.34. The maximum Gasteiger partial charge on any atom is 0.265 e. The summed E-state index contributed by atoms with van der Waals surface area (Å²) in [7, 11) is 0. The number of rotatable bonds is 10. The van der Waals surface area contributed by atoms with Gasteiger partial charge in [0.25, 0.3) is 5.91 Å². The Labute approximate surface area is 205 Å². The molecule has 35 heavy (non-hydrogen) atoms. The van der Waals surface area contributed by atoms with Crippen molar-refractivity contribution in [2.24, 2.45) is 0 Å². The monoisotopic (exact) mass is 465 g/mol. The lowest BCUT2D eigenvalue weighted by molar-refractivity contribution is -0.121. The van der Waals surface area contributed by atoms with Gasteiger partial charge in [-0.1, -0.05) is 66.7 Å². The Morgan fingerprint density at radius 2 is 1.46 bits per heavy atom. The molecule has 6 nitrogen and oxygen atoms in total. The molecule has 0 aliphatic heterocycles. The molecule has 4 aromatic rings. The van der Waals surface area contributed by atoms with Crippen LogP contribution in [0.3, 0.4) is 0 Å². The maximum atomic E-state index is 13.1. The SMILES string of the molecule is O=C(Cc1ccc(N(Cc2ccccc2)C(=O)COc2ccccc2)cc1)NCc1ccccn1. The van der Waals surface area contributed by atoms with E-state index in [0.717, 1.165) is 22.5 Å². The molecule has 3 aromatic carbocycles. The third kappa shape index (κ3) is 7.27. The van der Waals surface area contributed by atoms with Gasteiger partial charge in [0.2, 0.25) is 5.91 Å². The van der Waals surface area contributed by atoms with Gasteiger partial charge in [0.1, 0.15) is 5.75 Å². The first-order valence-corrected chi connectivity index (χ1v) is 11.4. The quantitative estimate of drug-likeness (QED) is 0.373. The van der Waals surface area contributed by atoms with Crippen molar-refractivity contribution >= 4 is 17.5 Å². The summed E-state index contributed by atoms with van der Waals surface area (Å²) in [6.45, 7) is 0.731. The second kappa shape index (κ2) is 12.1. The molecule has 0 radical (unpaired) electrons. The average Bonchev–Trinajstić information content (AvgIpc) is 2.91. The molecule has 4 rings (SSSR count). The maximum absolute atomic E-state index is 13.1. The van der Waals surface area contributed by atoms with Crippen LogP contribution in [-0.4, -0.2) is 23.4 Å². The molecular weight excluding hydrogens is 438 g/mol. The standard InChI is InChI=1S/C29H27N3O3/c33-28(31-20-25-11-7-8-18-30-25)19-23-14-16-26(17-15-23)32(21-24-9-3-1-4-10-24)29(34)22-35-27-12-5-2-6-13-27/h1-18H,19-22H2,(H,31,33). The first-order chi connectivity index (χ1) is 17.2. The van der Waals surface area contributed by atoms with Gasteiger partial charge in [-0.15, -0.1) is 0 Å². The summed E-state index contributed by atoms with van der Waals surface area (Å²) in [4.78, 5) is 31.4. The van der Waals surface area contributed by atoms with Crippen LogP contribution in [0.5, 0.6) is 5.75 Å². The summed E-state index contributed by atoms with van der Waals surface area (Å²) >= 11 is 0. The van der Waals surface area contributed by atoms with Crippen LogP contribution in [-0.2, 0) is 29.1 Å². The smallest absolute Gasteiger partial charge is 0.265 e. The normalized spacial score (nSPS) is 10.4. The number of hydrogen-bond acceptors (Lipinski definition) is 4. The van der Waals surface area contributed by atoms with Gasteiger partial charge >= 0.3 is 0 Å². The molecule has 0 bridgehead atoms. The van der Waals surface area contributed by atoms with Crippen LogP contribution in [0.25, 0.3) is 0 Å². The number of benzene rings is 3. The van der Waals surface area contributed by atoms with Gasteiger partial charge < -0.3 is 15.0 Å². The minimum Gasteiger partial charge on any atom is -0.484 e. The van der Waals surface area contributed by atoms with Crippen LogP contribution < -0.4 is 15.0 Å². The third-order valence-corrected chi connectivity index (χ3v) is 5.40. The molecule has 0 saturated heterocycles. The summed E-state index contributed by atoms with van der Waals surface area (Å²) in [5, 5.41) is 2.89. The number of anilines is 1. The highest BCUT2D eigenvalue weighted by atomic mass is 16.5. The molecule has 0 spiro atoms. The highest BCUT2D eigenvalue weighted by molar-refractivity contribution is 5.94. The number of amides is 2. The second-order valence-electron chi connectivity index (χ2n) is 8.01. The molecule has 0 fully saturated rings. The fourth-order valence-corrected chi connectivity index (χ4v) is 3.56. The Morgan fingerprint density at radius 1 is 0.771 bits per heavy atom.